The minimum absolute atomic E-state index is 0.00310. The van der Waals surface area contributed by atoms with E-state index < -0.39 is 17.6 Å². The molecule has 5 rings (SSSR count). The van der Waals surface area contributed by atoms with Crippen LogP contribution in [0.1, 0.15) is 92.9 Å². The molecule has 10 atom stereocenters. The van der Waals surface area contributed by atoms with Gasteiger partial charge in [0.15, 0.2) is 0 Å². The SMILES string of the molecule is C=C1CC[C@]2(C(=O)OC)CC[C@]3(C)C(=CC[C@@H]4[C@@]5(C)C[C@@H](O)[C@@H](O)C(C)(C)[C@@H]5CC[C@]43C)[C@@H]2[C@H]1C. The summed E-state index contributed by atoms with van der Waals surface area (Å²) in [7, 11) is 1.55. The lowest BCUT2D eigenvalue weighted by molar-refractivity contribution is -0.231. The number of hydrogen-bond acceptors (Lipinski definition) is 4. The van der Waals surface area contributed by atoms with Gasteiger partial charge in [0.1, 0.15) is 0 Å². The molecular weight excluding hydrogens is 436 g/mol. The maximum atomic E-state index is 13.4. The molecule has 5 aliphatic rings. The van der Waals surface area contributed by atoms with E-state index in [0.717, 1.165) is 44.9 Å². The average Bonchev–Trinajstić information content (AvgIpc) is 2.79. The second kappa shape index (κ2) is 7.69. The van der Waals surface area contributed by atoms with Gasteiger partial charge in [0.05, 0.1) is 24.7 Å². The number of esters is 1. The maximum absolute atomic E-state index is 13.4. The van der Waals surface area contributed by atoms with Crippen molar-refractivity contribution in [2.24, 2.45) is 50.7 Å². The molecule has 0 radical (unpaired) electrons. The van der Waals surface area contributed by atoms with Crippen molar-refractivity contribution in [1.82, 2.24) is 0 Å². The van der Waals surface area contributed by atoms with Crippen LogP contribution in [0.25, 0.3) is 0 Å². The van der Waals surface area contributed by atoms with Crippen LogP contribution in [-0.2, 0) is 9.53 Å². The zero-order chi connectivity index (χ0) is 25.8. The predicted octanol–water partition coefficient (Wildman–Crippen LogP) is 6.07. The number of aliphatic hydroxyl groups is 2. The summed E-state index contributed by atoms with van der Waals surface area (Å²) in [5.41, 5.74) is 2.08. The van der Waals surface area contributed by atoms with Gasteiger partial charge < -0.3 is 14.9 Å². The largest absolute Gasteiger partial charge is 0.469 e. The standard InChI is InChI=1S/C31H48O4/c1-18-11-14-31(26(34)35-8)16-15-29(6)20(24(31)19(18)2)9-10-23-28(5)17-21(32)25(33)27(3,4)22(28)12-13-30(23,29)7/h9,19,21-25,32-33H,1,10-17H2,2-8H3/t19-,21+,22-,23+,24-,25+,28-,29+,30+,31-/m0/s1. The molecule has 5 aliphatic carbocycles. The molecule has 4 heteroatoms. The second-order valence-electron chi connectivity index (χ2n) is 14.4. The lowest BCUT2D eigenvalue weighted by Crippen LogP contribution is -2.67. The molecule has 2 N–H and O–H groups in total. The first kappa shape index (κ1) is 25.5. The van der Waals surface area contributed by atoms with E-state index in [9.17, 15) is 15.0 Å². The minimum Gasteiger partial charge on any atom is -0.469 e. The third-order valence-electron chi connectivity index (χ3n) is 13.1. The molecule has 0 bridgehead atoms. The van der Waals surface area contributed by atoms with Gasteiger partial charge in [-0.1, -0.05) is 65.3 Å². The second-order valence-corrected chi connectivity index (χ2v) is 14.4. The van der Waals surface area contributed by atoms with Crippen LogP contribution in [-0.4, -0.2) is 35.5 Å². The number of methoxy groups -OCH3 is 1. The molecule has 0 aliphatic heterocycles. The molecule has 0 saturated heterocycles. The van der Waals surface area contributed by atoms with Gasteiger partial charge in [0.25, 0.3) is 0 Å². The Morgan fingerprint density at radius 3 is 2.40 bits per heavy atom. The molecule has 0 aromatic rings. The summed E-state index contributed by atoms with van der Waals surface area (Å²) in [6.45, 7) is 18.5. The van der Waals surface area contributed by atoms with Crippen molar-refractivity contribution in [3.63, 3.8) is 0 Å². The Labute approximate surface area is 212 Å². The highest BCUT2D eigenvalue weighted by atomic mass is 16.5. The number of rotatable bonds is 1. The Balaban J connectivity index is 1.63. The van der Waals surface area contributed by atoms with Crippen LogP contribution in [0.15, 0.2) is 23.8 Å². The molecule has 0 heterocycles. The van der Waals surface area contributed by atoms with Crippen LogP contribution in [0.3, 0.4) is 0 Å². The predicted molar refractivity (Wildman–Crippen MR) is 138 cm³/mol. The first-order chi connectivity index (χ1) is 16.2. The van der Waals surface area contributed by atoms with Crippen molar-refractivity contribution < 1.29 is 19.7 Å². The number of allylic oxidation sites excluding steroid dienone is 3. The van der Waals surface area contributed by atoms with E-state index in [4.69, 9.17) is 4.74 Å². The Morgan fingerprint density at radius 1 is 1.06 bits per heavy atom. The average molecular weight is 485 g/mol. The maximum Gasteiger partial charge on any atom is 0.312 e. The fourth-order valence-electron chi connectivity index (χ4n) is 10.9. The van der Waals surface area contributed by atoms with Crippen molar-refractivity contribution >= 4 is 5.97 Å². The molecule has 35 heavy (non-hydrogen) atoms. The van der Waals surface area contributed by atoms with Crippen molar-refractivity contribution in [2.45, 2.75) is 105 Å². The van der Waals surface area contributed by atoms with E-state index in [1.807, 2.05) is 0 Å². The summed E-state index contributed by atoms with van der Waals surface area (Å²) < 4.78 is 5.46. The summed E-state index contributed by atoms with van der Waals surface area (Å²) in [5, 5.41) is 21.9. The summed E-state index contributed by atoms with van der Waals surface area (Å²) in [6.07, 6.45) is 8.68. The highest BCUT2D eigenvalue weighted by Crippen LogP contribution is 2.75. The summed E-state index contributed by atoms with van der Waals surface area (Å²) in [4.78, 5) is 13.4. The van der Waals surface area contributed by atoms with Crippen LogP contribution in [0, 0.1) is 50.7 Å². The van der Waals surface area contributed by atoms with E-state index >= 15 is 0 Å². The van der Waals surface area contributed by atoms with Crippen LogP contribution in [0.2, 0.25) is 0 Å². The first-order valence-electron chi connectivity index (χ1n) is 14.0. The van der Waals surface area contributed by atoms with Gasteiger partial charge in [-0.25, -0.2) is 0 Å². The quantitative estimate of drug-likeness (QED) is 0.350. The van der Waals surface area contributed by atoms with E-state index in [0.29, 0.717) is 18.3 Å². The zero-order valence-electron chi connectivity index (χ0n) is 23.1. The molecule has 0 spiro atoms. The monoisotopic (exact) mass is 484 g/mol. The van der Waals surface area contributed by atoms with E-state index in [1.165, 1.54) is 11.1 Å². The number of ether oxygens (including phenoxy) is 1. The third kappa shape index (κ3) is 2.96. The molecule has 0 aromatic carbocycles. The lowest BCUT2D eigenvalue weighted by Gasteiger charge is -2.71. The Morgan fingerprint density at radius 2 is 1.74 bits per heavy atom. The lowest BCUT2D eigenvalue weighted by atomic mass is 9.33. The van der Waals surface area contributed by atoms with E-state index in [2.05, 4.69) is 54.2 Å². The van der Waals surface area contributed by atoms with Gasteiger partial charge >= 0.3 is 5.97 Å². The number of hydrogen-bond donors (Lipinski definition) is 2. The normalized spacial score (nSPS) is 52.8. The Hall–Kier alpha value is -1.13. The number of carbonyl (C=O) groups is 1. The smallest absolute Gasteiger partial charge is 0.312 e. The molecular formula is C31H48O4. The molecule has 196 valence electrons. The summed E-state index contributed by atoms with van der Waals surface area (Å²) >= 11 is 0. The molecule has 4 fully saturated rings. The van der Waals surface area contributed by atoms with Gasteiger partial charge in [-0.05, 0) is 90.8 Å². The highest BCUT2D eigenvalue weighted by Gasteiger charge is 2.70. The fraction of sp³-hybridized carbons (Fsp3) is 0.839. The van der Waals surface area contributed by atoms with Crippen molar-refractivity contribution in [1.29, 1.82) is 0 Å². The van der Waals surface area contributed by atoms with Gasteiger partial charge in [-0.2, -0.15) is 0 Å². The van der Waals surface area contributed by atoms with Gasteiger partial charge in [0.2, 0.25) is 0 Å². The van der Waals surface area contributed by atoms with Crippen molar-refractivity contribution in [2.75, 3.05) is 7.11 Å². The summed E-state index contributed by atoms with van der Waals surface area (Å²) in [6, 6.07) is 0. The molecule has 0 aromatic heterocycles. The van der Waals surface area contributed by atoms with Gasteiger partial charge in [-0.15, -0.1) is 0 Å². The first-order valence-corrected chi connectivity index (χ1v) is 14.0. The number of aliphatic hydroxyl groups excluding tert-OH is 2. The number of carbonyl (C=O) groups excluding carboxylic acids is 1. The highest BCUT2D eigenvalue weighted by molar-refractivity contribution is 5.79. The molecule has 0 amide bonds. The van der Waals surface area contributed by atoms with Crippen LogP contribution in [0.5, 0.6) is 0 Å². The Bertz CT molecular complexity index is 965. The number of fused-ring (bicyclic) bond motifs is 7. The zero-order valence-corrected chi connectivity index (χ0v) is 23.1. The van der Waals surface area contributed by atoms with Crippen LogP contribution >= 0.6 is 0 Å². The summed E-state index contributed by atoms with van der Waals surface area (Å²) in [5.74, 6) is 1.23. The van der Waals surface area contributed by atoms with E-state index in [1.54, 1.807) is 7.11 Å². The third-order valence-corrected chi connectivity index (χ3v) is 13.1. The Kier molecular flexibility index (Phi) is 5.61. The van der Waals surface area contributed by atoms with Crippen molar-refractivity contribution in [3.05, 3.63) is 23.8 Å². The topological polar surface area (TPSA) is 66.8 Å². The van der Waals surface area contributed by atoms with Crippen molar-refractivity contribution in [3.8, 4) is 0 Å². The van der Waals surface area contributed by atoms with Gasteiger partial charge in [0, 0.05) is 5.92 Å². The molecule has 4 nitrogen and oxygen atoms in total. The van der Waals surface area contributed by atoms with E-state index in [-0.39, 0.29) is 39.5 Å². The minimum atomic E-state index is -0.674. The van der Waals surface area contributed by atoms with Gasteiger partial charge in [-0.3, -0.25) is 4.79 Å². The van der Waals surface area contributed by atoms with Crippen LogP contribution in [0.4, 0.5) is 0 Å². The molecule has 4 saturated carbocycles. The fourth-order valence-corrected chi connectivity index (χ4v) is 10.9. The molecule has 0 unspecified atom stereocenters. The van der Waals surface area contributed by atoms with Crippen LogP contribution < -0.4 is 0 Å².